The van der Waals surface area contributed by atoms with Gasteiger partial charge < -0.3 is 14.0 Å². The fraction of sp³-hybridized carbons (Fsp3) is 0.250. The number of benzene rings is 2. The van der Waals surface area contributed by atoms with Crippen molar-refractivity contribution >= 4 is 90.5 Å². The zero-order valence-corrected chi connectivity index (χ0v) is 16.9. The SMILES string of the molecule is O=S(=O)(O)CCOc1ccc([S+]([O-])c2ccc(OCCS(=O)(=O)O)cc2)cc1.[NaH].[NaH]. The van der Waals surface area contributed by atoms with E-state index in [2.05, 4.69) is 0 Å². The van der Waals surface area contributed by atoms with Crippen molar-refractivity contribution in [3.63, 3.8) is 0 Å². The third kappa shape index (κ3) is 11.7. The summed E-state index contributed by atoms with van der Waals surface area (Å²) >= 11 is -1.49. The number of rotatable bonds is 10. The summed E-state index contributed by atoms with van der Waals surface area (Å²) in [5, 5.41) is 0. The molecule has 0 saturated heterocycles. The van der Waals surface area contributed by atoms with E-state index >= 15 is 0 Å². The minimum atomic E-state index is -4.09. The molecule has 2 rings (SSSR count). The van der Waals surface area contributed by atoms with E-state index in [9.17, 15) is 21.4 Å². The topological polar surface area (TPSA) is 150 Å². The summed E-state index contributed by atoms with van der Waals surface area (Å²) in [5.74, 6) is -0.322. The molecule has 0 aliphatic rings. The van der Waals surface area contributed by atoms with Gasteiger partial charge in [-0.25, -0.2) is 0 Å². The first-order chi connectivity index (χ1) is 13.0. The van der Waals surface area contributed by atoms with Crippen LogP contribution in [0.5, 0.6) is 11.5 Å². The van der Waals surface area contributed by atoms with Crippen molar-refractivity contribution in [3.05, 3.63) is 48.5 Å². The molecule has 0 amide bonds. The molecule has 0 spiro atoms. The van der Waals surface area contributed by atoms with Crippen LogP contribution in [0.3, 0.4) is 0 Å². The van der Waals surface area contributed by atoms with Gasteiger partial charge in [0.2, 0.25) is 0 Å². The second-order valence-corrected chi connectivity index (χ2v) is 10.1. The average Bonchev–Trinajstić information content (AvgIpc) is 2.60. The van der Waals surface area contributed by atoms with E-state index in [1.165, 1.54) is 24.3 Å². The van der Waals surface area contributed by atoms with E-state index < -0.39 is 42.9 Å². The van der Waals surface area contributed by atoms with Gasteiger partial charge >= 0.3 is 59.1 Å². The molecule has 0 atom stereocenters. The number of hydrogen-bond donors (Lipinski definition) is 2. The quantitative estimate of drug-likeness (QED) is 0.264. The van der Waals surface area contributed by atoms with Crippen molar-refractivity contribution in [3.8, 4) is 11.5 Å². The van der Waals surface area contributed by atoms with Gasteiger partial charge in [0.1, 0.15) is 36.2 Å². The van der Waals surface area contributed by atoms with Crippen molar-refractivity contribution in [1.29, 1.82) is 0 Å². The van der Waals surface area contributed by atoms with Crippen molar-refractivity contribution in [2.45, 2.75) is 9.79 Å². The molecule has 2 aromatic carbocycles. The number of ether oxygens (including phenoxy) is 2. The normalized spacial score (nSPS) is 11.3. The van der Waals surface area contributed by atoms with E-state index in [4.69, 9.17) is 18.6 Å². The molecule has 0 fully saturated rings. The molecular formula is C16H20Na2O9S3. The predicted molar refractivity (Wildman–Crippen MR) is 116 cm³/mol. The van der Waals surface area contributed by atoms with Gasteiger partial charge in [-0.1, -0.05) is 0 Å². The van der Waals surface area contributed by atoms with E-state index in [1.54, 1.807) is 24.3 Å². The monoisotopic (exact) mass is 498 g/mol. The second-order valence-electron chi connectivity index (χ2n) is 5.48. The molecule has 0 saturated carbocycles. The zero-order chi connectivity index (χ0) is 20.8. The fourth-order valence-electron chi connectivity index (χ4n) is 1.98. The van der Waals surface area contributed by atoms with Crippen molar-refractivity contribution in [2.75, 3.05) is 24.7 Å². The number of hydrogen-bond acceptors (Lipinski definition) is 7. The van der Waals surface area contributed by atoms with Gasteiger partial charge in [0.05, 0.1) is 0 Å². The Balaban J connectivity index is 0.00000420. The first-order valence-electron chi connectivity index (χ1n) is 7.81. The Hall–Kier alpha value is 0.170. The van der Waals surface area contributed by atoms with Crippen LogP contribution in [0.1, 0.15) is 0 Å². The second kappa shape index (κ2) is 13.7. The Kier molecular flexibility index (Phi) is 13.7. The summed E-state index contributed by atoms with van der Waals surface area (Å²) < 4.78 is 82.8. The summed E-state index contributed by atoms with van der Waals surface area (Å²) in [6.45, 7) is -0.416. The Labute approximate surface area is 222 Å². The first-order valence-corrected chi connectivity index (χ1v) is 12.2. The van der Waals surface area contributed by atoms with Gasteiger partial charge in [0, 0.05) is 11.2 Å². The Morgan fingerprint density at radius 3 is 1.27 bits per heavy atom. The maximum absolute atomic E-state index is 12.6. The van der Waals surface area contributed by atoms with Gasteiger partial charge in [-0.15, -0.1) is 0 Å². The summed E-state index contributed by atoms with van der Waals surface area (Å²) in [5.41, 5.74) is 0. The Morgan fingerprint density at radius 1 is 0.700 bits per heavy atom. The molecule has 0 aliphatic heterocycles. The van der Waals surface area contributed by atoms with Gasteiger partial charge in [0.15, 0.2) is 9.79 Å². The van der Waals surface area contributed by atoms with Gasteiger partial charge in [-0.2, -0.15) is 16.8 Å². The molecule has 2 aromatic rings. The fourth-order valence-corrected chi connectivity index (χ4v) is 3.61. The molecule has 30 heavy (non-hydrogen) atoms. The van der Waals surface area contributed by atoms with E-state index in [1.807, 2.05) is 0 Å². The van der Waals surface area contributed by atoms with Crippen LogP contribution in [0, 0.1) is 0 Å². The molecule has 0 heterocycles. The van der Waals surface area contributed by atoms with Crippen LogP contribution in [0.4, 0.5) is 0 Å². The third-order valence-corrected chi connectivity index (χ3v) is 6.06. The third-order valence-electron chi connectivity index (χ3n) is 3.30. The van der Waals surface area contributed by atoms with Crippen LogP contribution >= 0.6 is 0 Å². The molecule has 9 nitrogen and oxygen atoms in total. The first kappa shape index (κ1) is 30.2. The molecule has 0 aliphatic carbocycles. The summed E-state index contributed by atoms with van der Waals surface area (Å²) in [7, 11) is -8.19. The van der Waals surface area contributed by atoms with E-state index in [0.29, 0.717) is 21.3 Å². The van der Waals surface area contributed by atoms with Crippen LogP contribution in [-0.4, -0.2) is 114 Å². The average molecular weight is 499 g/mol. The van der Waals surface area contributed by atoms with Crippen LogP contribution in [0.15, 0.2) is 58.3 Å². The van der Waals surface area contributed by atoms with E-state index in [-0.39, 0.29) is 72.3 Å². The van der Waals surface area contributed by atoms with Crippen LogP contribution in [0.25, 0.3) is 0 Å². The maximum atomic E-state index is 12.6. The van der Waals surface area contributed by atoms with Crippen LogP contribution in [0.2, 0.25) is 0 Å². The molecule has 14 heteroatoms. The summed E-state index contributed by atoms with van der Waals surface area (Å²) in [6.07, 6.45) is 0. The molecule has 0 unspecified atom stereocenters. The van der Waals surface area contributed by atoms with Crippen molar-refractivity contribution in [2.24, 2.45) is 0 Å². The Bertz CT molecular complexity index is 898. The molecular weight excluding hydrogens is 478 g/mol. The molecule has 0 radical (unpaired) electrons. The van der Waals surface area contributed by atoms with Crippen molar-refractivity contribution in [1.82, 2.24) is 0 Å². The van der Waals surface area contributed by atoms with Gasteiger partial charge in [0.25, 0.3) is 20.2 Å². The minimum absolute atomic E-state index is 0. The van der Waals surface area contributed by atoms with Crippen LogP contribution in [-0.2, 0) is 31.4 Å². The molecule has 2 N–H and O–H groups in total. The predicted octanol–water partition coefficient (Wildman–Crippen LogP) is 0.0895. The Morgan fingerprint density at radius 2 is 1.00 bits per heavy atom. The molecule has 0 aromatic heterocycles. The van der Waals surface area contributed by atoms with E-state index in [0.717, 1.165) is 0 Å². The zero-order valence-electron chi connectivity index (χ0n) is 14.4. The molecule has 158 valence electrons. The standard InChI is InChI=1S/C16H18O9S3.2Na.2H/c17-26(15-5-1-13(2-6-15)24-9-11-27(18,19)20)16-7-3-14(4-8-16)25-10-12-28(21,22)23;;;;/h1-8H,9-12H2,(H,18,19,20)(H,21,22,23);;;;. The molecule has 0 bridgehead atoms. The van der Waals surface area contributed by atoms with Gasteiger partial charge in [-0.3, -0.25) is 9.11 Å². The van der Waals surface area contributed by atoms with Gasteiger partial charge in [-0.05, 0) is 48.5 Å². The summed E-state index contributed by atoms with van der Waals surface area (Å²) in [4.78, 5) is 0.976. The van der Waals surface area contributed by atoms with Crippen molar-refractivity contribution < 1.29 is 40.0 Å². The van der Waals surface area contributed by atoms with Crippen LogP contribution < -0.4 is 9.47 Å². The summed E-state index contributed by atoms with van der Waals surface area (Å²) in [6, 6.07) is 12.4.